The Kier molecular flexibility index (Phi) is 5.70. The number of benzene rings is 1. The second-order valence-electron chi connectivity index (χ2n) is 6.21. The summed E-state index contributed by atoms with van der Waals surface area (Å²) in [7, 11) is 3.14. The van der Waals surface area contributed by atoms with E-state index in [0.717, 1.165) is 12.8 Å². The number of methoxy groups -OCH3 is 2. The van der Waals surface area contributed by atoms with Crippen LogP contribution in [0.3, 0.4) is 0 Å². The molecular weight excluding hydrogens is 379 g/mol. The Hall–Kier alpha value is -1.83. The second-order valence-corrected chi connectivity index (χ2v) is 7.02. The number of rotatable bonds is 7. The molecule has 1 fully saturated rings. The third-order valence-electron chi connectivity index (χ3n) is 4.25. The highest BCUT2D eigenvalue weighted by Gasteiger charge is 2.34. The maximum absolute atomic E-state index is 12.9. The fourth-order valence-corrected chi connectivity index (χ4v) is 3.37. The van der Waals surface area contributed by atoms with Crippen molar-refractivity contribution in [1.29, 1.82) is 0 Å². The molecule has 1 aromatic carbocycles. The fourth-order valence-electron chi connectivity index (χ4n) is 2.81. The Morgan fingerprint density at radius 3 is 2.50 bits per heavy atom. The van der Waals surface area contributed by atoms with Gasteiger partial charge in [0.15, 0.2) is 0 Å². The van der Waals surface area contributed by atoms with Crippen molar-refractivity contribution in [3.63, 3.8) is 0 Å². The molecule has 26 heavy (non-hydrogen) atoms. The number of hydrogen-bond donors (Lipinski definition) is 1. The smallest absolute Gasteiger partial charge is 0.310 e. The standard InChI is InChI=1S/C17H20Cl2N4O3/c1-9-20-16(21-15-12(18)6-11(26-3)7-13(15)19)17(24)23(22-9)14(8-25-2)10-4-5-10/h6-7,10,14H,4-5,8H2,1-3H3,(H,20,21,22)/t14-/m0/s1. The van der Waals surface area contributed by atoms with Gasteiger partial charge in [-0.25, -0.2) is 9.67 Å². The van der Waals surface area contributed by atoms with Gasteiger partial charge < -0.3 is 14.8 Å². The van der Waals surface area contributed by atoms with Crippen LogP contribution in [-0.2, 0) is 4.74 Å². The summed E-state index contributed by atoms with van der Waals surface area (Å²) in [6.45, 7) is 2.15. The zero-order valence-corrected chi connectivity index (χ0v) is 16.3. The maximum Gasteiger partial charge on any atom is 0.310 e. The molecule has 0 radical (unpaired) electrons. The number of nitrogens with zero attached hydrogens (tertiary/aromatic N) is 3. The highest BCUT2D eigenvalue weighted by molar-refractivity contribution is 6.39. The van der Waals surface area contributed by atoms with Crippen LogP contribution in [0, 0.1) is 12.8 Å². The zero-order valence-electron chi connectivity index (χ0n) is 14.8. The van der Waals surface area contributed by atoms with Crippen molar-refractivity contribution < 1.29 is 9.47 Å². The van der Waals surface area contributed by atoms with E-state index in [1.807, 2.05) is 0 Å². The van der Waals surface area contributed by atoms with E-state index >= 15 is 0 Å². The highest BCUT2D eigenvalue weighted by Crippen LogP contribution is 2.39. The SMILES string of the molecule is COC[C@@H](C1CC1)n1nc(C)nc(Nc2c(Cl)cc(OC)cc2Cl)c1=O. The molecule has 1 aliphatic rings. The molecule has 1 aliphatic carbocycles. The van der Waals surface area contributed by atoms with Crippen molar-refractivity contribution in [2.75, 3.05) is 26.1 Å². The Balaban J connectivity index is 2.00. The minimum absolute atomic E-state index is 0.114. The zero-order chi connectivity index (χ0) is 18.8. The van der Waals surface area contributed by atoms with Crippen molar-refractivity contribution in [3.8, 4) is 5.75 Å². The van der Waals surface area contributed by atoms with Crippen molar-refractivity contribution in [1.82, 2.24) is 14.8 Å². The summed E-state index contributed by atoms with van der Waals surface area (Å²) in [4.78, 5) is 17.2. The normalized spacial score (nSPS) is 15.0. The number of aromatic nitrogens is 3. The molecule has 0 spiro atoms. The summed E-state index contributed by atoms with van der Waals surface area (Å²) >= 11 is 12.5. The van der Waals surface area contributed by atoms with Gasteiger partial charge >= 0.3 is 5.56 Å². The maximum atomic E-state index is 12.9. The average Bonchev–Trinajstić information content (AvgIpc) is 3.43. The summed E-state index contributed by atoms with van der Waals surface area (Å²) in [6.07, 6.45) is 2.12. The molecule has 0 aliphatic heterocycles. The first-order chi connectivity index (χ1) is 12.4. The minimum Gasteiger partial charge on any atom is -0.497 e. The van der Waals surface area contributed by atoms with E-state index in [4.69, 9.17) is 32.7 Å². The molecule has 2 aromatic rings. The number of halogens is 2. The van der Waals surface area contributed by atoms with Gasteiger partial charge in [0.1, 0.15) is 11.6 Å². The van der Waals surface area contributed by atoms with Gasteiger partial charge in [0.2, 0.25) is 5.82 Å². The van der Waals surface area contributed by atoms with Crippen molar-refractivity contribution in [2.45, 2.75) is 25.8 Å². The van der Waals surface area contributed by atoms with Gasteiger partial charge in [-0.05, 0) is 25.7 Å². The third-order valence-corrected chi connectivity index (χ3v) is 4.85. The molecule has 1 N–H and O–H groups in total. The molecule has 140 valence electrons. The monoisotopic (exact) mass is 398 g/mol. The summed E-state index contributed by atoms with van der Waals surface area (Å²) in [5, 5.41) is 7.92. The molecular formula is C17H20Cl2N4O3. The lowest BCUT2D eigenvalue weighted by Gasteiger charge is -2.19. The first-order valence-electron chi connectivity index (χ1n) is 8.21. The summed E-state index contributed by atoms with van der Waals surface area (Å²) in [5.41, 5.74) is 0.0538. The van der Waals surface area contributed by atoms with Crippen LogP contribution in [-0.4, -0.2) is 35.6 Å². The van der Waals surface area contributed by atoms with Crippen LogP contribution in [0.4, 0.5) is 11.5 Å². The van der Waals surface area contributed by atoms with E-state index in [2.05, 4.69) is 15.4 Å². The van der Waals surface area contributed by atoms with Gasteiger partial charge in [-0.2, -0.15) is 5.10 Å². The lowest BCUT2D eigenvalue weighted by molar-refractivity contribution is 0.136. The first-order valence-corrected chi connectivity index (χ1v) is 8.96. The Labute approximate surface area is 161 Å². The van der Waals surface area contributed by atoms with Gasteiger partial charge in [0.25, 0.3) is 0 Å². The van der Waals surface area contributed by atoms with E-state index in [1.54, 1.807) is 26.2 Å². The predicted molar refractivity (Wildman–Crippen MR) is 101 cm³/mol. The molecule has 3 rings (SSSR count). The summed E-state index contributed by atoms with van der Waals surface area (Å²) in [6, 6.07) is 3.11. The van der Waals surface area contributed by atoms with Crippen LogP contribution < -0.4 is 15.6 Å². The fraction of sp³-hybridized carbons (Fsp3) is 0.471. The van der Waals surface area contributed by atoms with Crippen LogP contribution in [0.5, 0.6) is 5.75 Å². The highest BCUT2D eigenvalue weighted by atomic mass is 35.5. The van der Waals surface area contributed by atoms with Crippen LogP contribution >= 0.6 is 23.2 Å². The third kappa shape index (κ3) is 3.95. The molecule has 7 nitrogen and oxygen atoms in total. The molecule has 1 saturated carbocycles. The Bertz CT molecular complexity index is 845. The van der Waals surface area contributed by atoms with E-state index in [9.17, 15) is 4.79 Å². The number of anilines is 2. The van der Waals surface area contributed by atoms with Crippen molar-refractivity contribution in [3.05, 3.63) is 38.4 Å². The topological polar surface area (TPSA) is 78.3 Å². The second kappa shape index (κ2) is 7.82. The molecule has 1 atom stereocenters. The van der Waals surface area contributed by atoms with E-state index in [0.29, 0.717) is 39.8 Å². The lowest BCUT2D eigenvalue weighted by Crippen LogP contribution is -2.34. The molecule has 0 unspecified atom stereocenters. The van der Waals surface area contributed by atoms with Crippen molar-refractivity contribution in [2.24, 2.45) is 5.92 Å². The van der Waals surface area contributed by atoms with Gasteiger partial charge in [0.05, 0.1) is 35.5 Å². The first kappa shape index (κ1) is 18.9. The van der Waals surface area contributed by atoms with Gasteiger partial charge in [-0.15, -0.1) is 0 Å². The van der Waals surface area contributed by atoms with Crippen LogP contribution in [0.2, 0.25) is 10.0 Å². The number of ether oxygens (including phenoxy) is 2. The largest absolute Gasteiger partial charge is 0.497 e. The average molecular weight is 399 g/mol. The van der Waals surface area contributed by atoms with Gasteiger partial charge in [-0.3, -0.25) is 4.79 Å². The van der Waals surface area contributed by atoms with Crippen molar-refractivity contribution >= 4 is 34.7 Å². The molecule has 0 amide bonds. The van der Waals surface area contributed by atoms with E-state index < -0.39 is 0 Å². The van der Waals surface area contributed by atoms with E-state index in [1.165, 1.54) is 11.8 Å². The molecule has 0 bridgehead atoms. The molecule has 1 aromatic heterocycles. The van der Waals surface area contributed by atoms with Crippen LogP contribution in [0.15, 0.2) is 16.9 Å². The molecule has 0 saturated heterocycles. The minimum atomic E-state index is -0.340. The quantitative estimate of drug-likeness (QED) is 0.767. The predicted octanol–water partition coefficient (Wildman–Crippen LogP) is 3.60. The molecule has 1 heterocycles. The van der Waals surface area contributed by atoms with Crippen LogP contribution in [0.25, 0.3) is 0 Å². The lowest BCUT2D eigenvalue weighted by atomic mass is 10.2. The van der Waals surface area contributed by atoms with Gasteiger partial charge in [0, 0.05) is 19.2 Å². The van der Waals surface area contributed by atoms with Gasteiger partial charge in [-0.1, -0.05) is 23.2 Å². The van der Waals surface area contributed by atoms with Crippen LogP contribution in [0.1, 0.15) is 24.7 Å². The van der Waals surface area contributed by atoms with E-state index in [-0.39, 0.29) is 17.4 Å². The number of nitrogens with one attached hydrogen (secondary N) is 1. The Morgan fingerprint density at radius 1 is 1.31 bits per heavy atom. The summed E-state index contributed by atoms with van der Waals surface area (Å²) < 4.78 is 11.9. The number of aryl methyl sites for hydroxylation is 1. The Morgan fingerprint density at radius 2 is 1.96 bits per heavy atom. The number of hydrogen-bond acceptors (Lipinski definition) is 6. The molecule has 9 heteroatoms. The summed E-state index contributed by atoms with van der Waals surface area (Å²) in [5.74, 6) is 1.50.